The summed E-state index contributed by atoms with van der Waals surface area (Å²) in [5, 5.41) is 28.1. The monoisotopic (exact) mass is 438 g/mol. The van der Waals surface area contributed by atoms with Gasteiger partial charge in [-0.2, -0.15) is 0 Å². The van der Waals surface area contributed by atoms with Crippen molar-refractivity contribution in [3.05, 3.63) is 108 Å². The third-order valence-electron chi connectivity index (χ3n) is 5.26. The number of hydrogen-bond donors (Lipinski definition) is 3. The Morgan fingerprint density at radius 2 is 0.667 bits per heavy atom. The summed E-state index contributed by atoms with van der Waals surface area (Å²) in [5.41, 5.74) is 4.57. The molecule has 6 heteroatoms. The first-order valence-electron chi connectivity index (χ1n) is 9.98. The Balaban J connectivity index is 1.94. The molecule has 3 N–H and O–H groups in total. The second-order valence-electron chi connectivity index (χ2n) is 7.46. The molecule has 0 aliphatic carbocycles. The molecule has 4 aromatic carbocycles. The highest BCUT2D eigenvalue weighted by Crippen LogP contribution is 2.34. The van der Waals surface area contributed by atoms with E-state index in [-0.39, 0.29) is 16.7 Å². The van der Waals surface area contributed by atoms with Gasteiger partial charge in [0, 0.05) is 0 Å². The predicted octanol–water partition coefficient (Wildman–Crippen LogP) is 5.78. The number of carboxylic acid groups (broad SMARTS) is 3. The number of rotatable bonds is 6. The van der Waals surface area contributed by atoms with Crippen LogP contribution in [0, 0.1) is 0 Å². The summed E-state index contributed by atoms with van der Waals surface area (Å²) in [6, 6.07) is 25.1. The SMILES string of the molecule is O=C(O)c1cccc(-c2cc(-c3cccc(C(=O)O)c3)cc(-c3cccc(C(=O)O)c3)c2)c1. The maximum Gasteiger partial charge on any atom is 0.335 e. The molecule has 162 valence electrons. The molecule has 6 nitrogen and oxygen atoms in total. The first-order chi connectivity index (χ1) is 15.8. The van der Waals surface area contributed by atoms with Gasteiger partial charge in [-0.15, -0.1) is 0 Å². The van der Waals surface area contributed by atoms with Gasteiger partial charge in [0.05, 0.1) is 16.7 Å². The van der Waals surface area contributed by atoms with Crippen molar-refractivity contribution in [1.29, 1.82) is 0 Å². The van der Waals surface area contributed by atoms with Gasteiger partial charge in [-0.05, 0) is 88.0 Å². The molecule has 0 unspecified atom stereocenters. The lowest BCUT2D eigenvalue weighted by atomic mass is 9.92. The van der Waals surface area contributed by atoms with Crippen molar-refractivity contribution in [2.75, 3.05) is 0 Å². The van der Waals surface area contributed by atoms with E-state index in [0.717, 1.165) is 0 Å². The summed E-state index contributed by atoms with van der Waals surface area (Å²) in [6.07, 6.45) is 0. The standard InChI is InChI=1S/C27H18O6/c28-25(29)19-7-1-4-16(10-19)22-13-23(17-5-2-8-20(11-17)26(30)31)15-24(14-22)18-6-3-9-21(12-18)27(32)33/h1-15H,(H,28,29)(H,30,31)(H,32,33). The van der Waals surface area contributed by atoms with E-state index < -0.39 is 17.9 Å². The molecule has 33 heavy (non-hydrogen) atoms. The van der Waals surface area contributed by atoms with Crippen LogP contribution >= 0.6 is 0 Å². The van der Waals surface area contributed by atoms with Crippen molar-refractivity contribution in [1.82, 2.24) is 0 Å². The van der Waals surface area contributed by atoms with E-state index in [1.807, 2.05) is 18.2 Å². The molecule has 0 saturated heterocycles. The van der Waals surface area contributed by atoms with Crippen molar-refractivity contribution < 1.29 is 29.7 Å². The lowest BCUT2D eigenvalue weighted by molar-refractivity contribution is 0.0686. The van der Waals surface area contributed by atoms with Gasteiger partial charge in [0.2, 0.25) is 0 Å². The van der Waals surface area contributed by atoms with E-state index in [0.29, 0.717) is 33.4 Å². The van der Waals surface area contributed by atoms with Crippen LogP contribution in [0.25, 0.3) is 33.4 Å². The molecular formula is C27H18O6. The van der Waals surface area contributed by atoms with Gasteiger partial charge < -0.3 is 15.3 Å². The quantitative estimate of drug-likeness (QED) is 0.352. The van der Waals surface area contributed by atoms with E-state index in [9.17, 15) is 29.7 Å². The molecule has 0 amide bonds. The number of hydrogen-bond acceptors (Lipinski definition) is 3. The zero-order valence-electron chi connectivity index (χ0n) is 17.2. The van der Waals surface area contributed by atoms with E-state index in [4.69, 9.17) is 0 Å². The molecule has 0 radical (unpaired) electrons. The highest BCUT2D eigenvalue weighted by molar-refractivity contribution is 5.93. The third kappa shape index (κ3) is 4.65. The van der Waals surface area contributed by atoms with Crippen LogP contribution < -0.4 is 0 Å². The number of benzene rings is 4. The van der Waals surface area contributed by atoms with Crippen molar-refractivity contribution >= 4 is 17.9 Å². The third-order valence-corrected chi connectivity index (χ3v) is 5.26. The Morgan fingerprint density at radius 1 is 0.394 bits per heavy atom. The molecule has 0 atom stereocenters. The molecule has 0 spiro atoms. The number of aromatic carboxylic acids is 3. The predicted molar refractivity (Wildman–Crippen MR) is 124 cm³/mol. The fraction of sp³-hybridized carbons (Fsp3) is 0. The van der Waals surface area contributed by atoms with Gasteiger partial charge in [0.25, 0.3) is 0 Å². The van der Waals surface area contributed by atoms with Gasteiger partial charge in [0.15, 0.2) is 0 Å². The number of carboxylic acids is 3. The topological polar surface area (TPSA) is 112 Å². The lowest BCUT2D eigenvalue weighted by Gasteiger charge is -2.12. The average Bonchev–Trinajstić information content (AvgIpc) is 2.84. The van der Waals surface area contributed by atoms with Crippen molar-refractivity contribution in [2.45, 2.75) is 0 Å². The molecule has 0 aliphatic heterocycles. The largest absolute Gasteiger partial charge is 0.478 e. The first-order valence-corrected chi connectivity index (χ1v) is 9.98. The maximum atomic E-state index is 11.5. The molecule has 0 bridgehead atoms. The molecule has 4 aromatic rings. The fourth-order valence-corrected chi connectivity index (χ4v) is 3.62. The van der Waals surface area contributed by atoms with Gasteiger partial charge in [-0.3, -0.25) is 0 Å². The Bertz CT molecular complexity index is 1220. The van der Waals surface area contributed by atoms with Crippen LogP contribution in [0.2, 0.25) is 0 Å². The van der Waals surface area contributed by atoms with Crippen LogP contribution in [-0.2, 0) is 0 Å². The van der Waals surface area contributed by atoms with Crippen molar-refractivity contribution in [2.24, 2.45) is 0 Å². The average molecular weight is 438 g/mol. The van der Waals surface area contributed by atoms with E-state index >= 15 is 0 Å². The highest BCUT2D eigenvalue weighted by Gasteiger charge is 2.12. The van der Waals surface area contributed by atoms with Gasteiger partial charge in [-0.25, -0.2) is 14.4 Å². The molecular weight excluding hydrogens is 420 g/mol. The van der Waals surface area contributed by atoms with Gasteiger partial charge in [-0.1, -0.05) is 36.4 Å². The molecule has 0 aliphatic rings. The maximum absolute atomic E-state index is 11.5. The van der Waals surface area contributed by atoms with Crippen LogP contribution in [0.3, 0.4) is 0 Å². The Labute approximate surface area is 189 Å². The number of carbonyl (C=O) groups is 3. The van der Waals surface area contributed by atoms with Crippen LogP contribution in [0.4, 0.5) is 0 Å². The van der Waals surface area contributed by atoms with E-state index in [1.165, 1.54) is 18.2 Å². The van der Waals surface area contributed by atoms with Gasteiger partial charge >= 0.3 is 17.9 Å². The van der Waals surface area contributed by atoms with Crippen molar-refractivity contribution in [3.8, 4) is 33.4 Å². The van der Waals surface area contributed by atoms with Crippen LogP contribution in [-0.4, -0.2) is 33.2 Å². The summed E-state index contributed by atoms with van der Waals surface area (Å²) >= 11 is 0. The summed E-state index contributed by atoms with van der Waals surface area (Å²) in [4.78, 5) is 34.4. The van der Waals surface area contributed by atoms with E-state index in [2.05, 4.69) is 0 Å². The first kappa shape index (κ1) is 21.5. The Hall–Kier alpha value is -4.71. The summed E-state index contributed by atoms with van der Waals surface area (Å²) < 4.78 is 0. The van der Waals surface area contributed by atoms with Crippen molar-refractivity contribution in [3.63, 3.8) is 0 Å². The molecule has 0 fully saturated rings. The van der Waals surface area contributed by atoms with Crippen LogP contribution in [0.15, 0.2) is 91.0 Å². The minimum Gasteiger partial charge on any atom is -0.478 e. The highest BCUT2D eigenvalue weighted by atomic mass is 16.4. The summed E-state index contributed by atoms with van der Waals surface area (Å²) in [6.45, 7) is 0. The minimum atomic E-state index is -1.04. The van der Waals surface area contributed by atoms with E-state index in [1.54, 1.807) is 54.6 Å². The second-order valence-corrected chi connectivity index (χ2v) is 7.46. The molecule has 4 rings (SSSR count). The van der Waals surface area contributed by atoms with Crippen LogP contribution in [0.5, 0.6) is 0 Å². The summed E-state index contributed by atoms with van der Waals surface area (Å²) in [7, 11) is 0. The Morgan fingerprint density at radius 3 is 0.909 bits per heavy atom. The molecule has 0 aromatic heterocycles. The lowest BCUT2D eigenvalue weighted by Crippen LogP contribution is -1.97. The minimum absolute atomic E-state index is 0.139. The zero-order valence-corrected chi connectivity index (χ0v) is 17.2. The fourth-order valence-electron chi connectivity index (χ4n) is 3.62. The second kappa shape index (κ2) is 8.80. The summed E-state index contributed by atoms with van der Waals surface area (Å²) in [5.74, 6) is -3.13. The smallest absolute Gasteiger partial charge is 0.335 e. The molecule has 0 heterocycles. The van der Waals surface area contributed by atoms with Gasteiger partial charge in [0.1, 0.15) is 0 Å². The zero-order chi connectivity index (χ0) is 23.5. The van der Waals surface area contributed by atoms with Crippen LogP contribution in [0.1, 0.15) is 31.1 Å². The molecule has 0 saturated carbocycles. The Kier molecular flexibility index (Phi) is 5.74. The normalized spacial score (nSPS) is 10.5.